The van der Waals surface area contributed by atoms with Crippen LogP contribution < -0.4 is 4.74 Å². The number of hydrogen-bond donors (Lipinski definition) is 0. The van der Waals surface area contributed by atoms with Gasteiger partial charge in [-0.15, -0.1) is 11.3 Å². The first kappa shape index (κ1) is 13.4. The van der Waals surface area contributed by atoms with Crippen LogP contribution in [0.4, 0.5) is 0 Å². The maximum atomic E-state index is 8.75. The maximum Gasteiger partial charge on any atom is 0.150 e. The first-order valence-electron chi connectivity index (χ1n) is 6.55. The molecule has 3 rings (SSSR count). The van der Waals surface area contributed by atoms with Gasteiger partial charge in [0.25, 0.3) is 0 Å². The van der Waals surface area contributed by atoms with Crippen molar-refractivity contribution in [2.75, 3.05) is 6.61 Å². The van der Waals surface area contributed by atoms with E-state index in [1.807, 2.05) is 29.8 Å². The molecule has 0 spiro atoms. The molecule has 0 unspecified atom stereocenters. The molecule has 3 aromatic rings. The van der Waals surface area contributed by atoms with Crippen LogP contribution in [0, 0.1) is 11.3 Å². The molecular weight excluding hydrogens is 282 g/mol. The molecule has 0 aliphatic heterocycles. The molecule has 21 heavy (non-hydrogen) atoms. The average molecular weight is 295 g/mol. The Bertz CT molecular complexity index is 739. The van der Waals surface area contributed by atoms with Crippen molar-refractivity contribution in [1.29, 1.82) is 5.26 Å². The van der Waals surface area contributed by atoms with Crippen molar-refractivity contribution >= 4 is 11.3 Å². The Hall–Kier alpha value is -2.58. The molecule has 0 fully saturated rings. The molecule has 0 amide bonds. The minimum Gasteiger partial charge on any atom is -0.492 e. The summed E-state index contributed by atoms with van der Waals surface area (Å²) in [6.45, 7) is 1.29. The largest absolute Gasteiger partial charge is 0.492 e. The Labute approximate surface area is 126 Å². The van der Waals surface area contributed by atoms with Gasteiger partial charge in [-0.1, -0.05) is 6.07 Å². The van der Waals surface area contributed by atoms with Crippen LogP contribution in [0.15, 0.2) is 54.2 Å². The molecule has 104 valence electrons. The summed E-state index contributed by atoms with van der Waals surface area (Å²) in [4.78, 5) is 5.54. The lowest BCUT2D eigenvalue weighted by Gasteiger charge is -2.09. The van der Waals surface area contributed by atoms with Crippen LogP contribution in [-0.2, 0) is 6.54 Å². The van der Waals surface area contributed by atoms with Gasteiger partial charge in [0.2, 0.25) is 0 Å². The van der Waals surface area contributed by atoms with Crippen LogP contribution >= 0.6 is 11.3 Å². The van der Waals surface area contributed by atoms with Crippen molar-refractivity contribution in [2.24, 2.45) is 0 Å². The zero-order valence-corrected chi connectivity index (χ0v) is 12.1. The minimum absolute atomic E-state index is 0.556. The van der Waals surface area contributed by atoms with E-state index in [9.17, 15) is 0 Å². The van der Waals surface area contributed by atoms with E-state index >= 15 is 0 Å². The summed E-state index contributed by atoms with van der Waals surface area (Å²) < 4.78 is 7.78. The number of aromatic nitrogens is 2. The zero-order chi connectivity index (χ0) is 14.5. The highest BCUT2D eigenvalue weighted by molar-refractivity contribution is 7.13. The topological polar surface area (TPSA) is 50.8 Å². The first-order chi connectivity index (χ1) is 10.4. The Morgan fingerprint density at radius 1 is 1.24 bits per heavy atom. The van der Waals surface area contributed by atoms with Crippen molar-refractivity contribution in [3.63, 3.8) is 0 Å². The molecule has 5 heteroatoms. The average Bonchev–Trinajstić information content (AvgIpc) is 3.18. The van der Waals surface area contributed by atoms with Gasteiger partial charge in [0.05, 0.1) is 23.1 Å². The number of thiophene rings is 1. The molecule has 0 aliphatic carbocycles. The number of rotatable bonds is 5. The third-order valence-electron chi connectivity index (χ3n) is 3.04. The lowest BCUT2D eigenvalue weighted by atomic mass is 10.2. The summed E-state index contributed by atoms with van der Waals surface area (Å²) in [7, 11) is 0. The van der Waals surface area contributed by atoms with Gasteiger partial charge >= 0.3 is 0 Å². The second kappa shape index (κ2) is 6.25. The molecule has 0 radical (unpaired) electrons. The van der Waals surface area contributed by atoms with E-state index in [1.54, 1.807) is 29.7 Å². The number of ether oxygens (including phenoxy) is 1. The van der Waals surface area contributed by atoms with Gasteiger partial charge in [0.15, 0.2) is 0 Å². The van der Waals surface area contributed by atoms with Gasteiger partial charge in [-0.2, -0.15) is 5.26 Å². The summed E-state index contributed by atoms with van der Waals surface area (Å²) >= 11 is 1.67. The number of imidazole rings is 1. The fourth-order valence-electron chi connectivity index (χ4n) is 2.01. The molecule has 1 aromatic carbocycles. The Kier molecular flexibility index (Phi) is 3.99. The molecule has 0 saturated heterocycles. The Morgan fingerprint density at radius 2 is 2.10 bits per heavy atom. The van der Waals surface area contributed by atoms with Crippen LogP contribution in [0.3, 0.4) is 0 Å². The highest BCUT2D eigenvalue weighted by Crippen LogP contribution is 2.22. The second-order valence-electron chi connectivity index (χ2n) is 4.41. The van der Waals surface area contributed by atoms with Crippen molar-refractivity contribution in [1.82, 2.24) is 9.55 Å². The highest BCUT2D eigenvalue weighted by atomic mass is 32.1. The molecular formula is C16H13N3OS. The van der Waals surface area contributed by atoms with Crippen LogP contribution in [0.25, 0.3) is 10.7 Å². The van der Waals surface area contributed by atoms with Crippen molar-refractivity contribution < 1.29 is 4.74 Å². The molecule has 0 N–H and O–H groups in total. The molecule has 0 saturated carbocycles. The number of benzene rings is 1. The summed E-state index contributed by atoms with van der Waals surface area (Å²) in [6.07, 6.45) is 3.76. The quantitative estimate of drug-likeness (QED) is 0.723. The van der Waals surface area contributed by atoms with E-state index in [0.29, 0.717) is 12.2 Å². The van der Waals surface area contributed by atoms with E-state index in [0.717, 1.165) is 23.0 Å². The minimum atomic E-state index is 0.556. The summed E-state index contributed by atoms with van der Waals surface area (Å²) in [5.41, 5.74) is 0.636. The van der Waals surface area contributed by atoms with Gasteiger partial charge in [-0.3, -0.25) is 0 Å². The van der Waals surface area contributed by atoms with Gasteiger partial charge in [0.1, 0.15) is 18.2 Å². The summed E-state index contributed by atoms with van der Waals surface area (Å²) in [5, 5.41) is 10.8. The molecule has 0 bridgehead atoms. The van der Waals surface area contributed by atoms with E-state index in [2.05, 4.69) is 21.7 Å². The summed E-state index contributed by atoms with van der Waals surface area (Å²) in [5.74, 6) is 1.74. The van der Waals surface area contributed by atoms with Crippen LogP contribution in [0.2, 0.25) is 0 Å². The molecule has 4 nitrogen and oxygen atoms in total. The van der Waals surface area contributed by atoms with E-state index in [4.69, 9.17) is 10.00 Å². The highest BCUT2D eigenvalue weighted by Gasteiger charge is 2.06. The van der Waals surface area contributed by atoms with Gasteiger partial charge < -0.3 is 9.30 Å². The third kappa shape index (κ3) is 3.12. The zero-order valence-electron chi connectivity index (χ0n) is 11.3. The van der Waals surface area contributed by atoms with E-state index in [1.165, 1.54) is 0 Å². The molecule has 2 aromatic heterocycles. The van der Waals surface area contributed by atoms with Gasteiger partial charge in [-0.25, -0.2) is 4.98 Å². The number of nitriles is 1. The van der Waals surface area contributed by atoms with Crippen molar-refractivity contribution in [3.8, 4) is 22.5 Å². The molecule has 0 aliphatic rings. The third-order valence-corrected chi connectivity index (χ3v) is 3.91. The van der Waals surface area contributed by atoms with Crippen LogP contribution in [-0.4, -0.2) is 16.2 Å². The van der Waals surface area contributed by atoms with Gasteiger partial charge in [-0.05, 0) is 35.7 Å². The van der Waals surface area contributed by atoms with Crippen LogP contribution in [0.5, 0.6) is 5.75 Å². The van der Waals surface area contributed by atoms with Crippen LogP contribution in [0.1, 0.15) is 5.56 Å². The van der Waals surface area contributed by atoms with E-state index < -0.39 is 0 Å². The lowest BCUT2D eigenvalue weighted by molar-refractivity contribution is 0.299. The van der Waals surface area contributed by atoms with Gasteiger partial charge in [0, 0.05) is 12.4 Å². The Balaban J connectivity index is 1.61. The second-order valence-corrected chi connectivity index (χ2v) is 5.35. The fourth-order valence-corrected chi connectivity index (χ4v) is 2.74. The normalized spacial score (nSPS) is 10.2. The predicted octanol–water partition coefficient (Wildman–Crippen LogP) is 3.56. The Morgan fingerprint density at radius 3 is 2.81 bits per heavy atom. The molecule has 0 atom stereocenters. The monoisotopic (exact) mass is 295 g/mol. The first-order valence-corrected chi connectivity index (χ1v) is 7.43. The standard InChI is InChI=1S/C16H13N3OS/c17-12-13-3-5-14(6-4-13)20-10-9-19-8-7-18-16(19)15-2-1-11-21-15/h1-8,11H,9-10H2. The maximum absolute atomic E-state index is 8.75. The van der Waals surface area contributed by atoms with Crippen molar-refractivity contribution in [2.45, 2.75) is 6.54 Å². The van der Waals surface area contributed by atoms with E-state index in [-0.39, 0.29) is 0 Å². The summed E-state index contributed by atoms with van der Waals surface area (Å²) in [6, 6.07) is 13.3. The number of nitrogens with zero attached hydrogens (tertiary/aromatic N) is 3. The predicted molar refractivity (Wildman–Crippen MR) is 82.2 cm³/mol. The van der Waals surface area contributed by atoms with Crippen molar-refractivity contribution in [3.05, 3.63) is 59.7 Å². The number of hydrogen-bond acceptors (Lipinski definition) is 4. The smallest absolute Gasteiger partial charge is 0.150 e. The SMILES string of the molecule is N#Cc1ccc(OCCn2ccnc2-c2cccs2)cc1. The lowest BCUT2D eigenvalue weighted by Crippen LogP contribution is -2.08. The fraction of sp³-hybridized carbons (Fsp3) is 0.125. The molecule has 2 heterocycles.